The first kappa shape index (κ1) is 16.2. The summed E-state index contributed by atoms with van der Waals surface area (Å²) in [6, 6.07) is 14.0. The molecule has 0 aliphatic rings. The molecule has 110 valence electrons. The molecule has 2 rings (SSSR count). The lowest BCUT2D eigenvalue weighted by Gasteiger charge is -2.29. The second-order valence-corrected chi connectivity index (χ2v) is 6.33. The summed E-state index contributed by atoms with van der Waals surface area (Å²) < 4.78 is 13.9. The number of rotatable bonds is 4. The zero-order chi connectivity index (χ0) is 15.5. The Labute approximate surface area is 140 Å². The van der Waals surface area contributed by atoms with E-state index in [0.29, 0.717) is 15.4 Å². The number of alkyl halides is 1. The zero-order valence-electron chi connectivity index (χ0n) is 11.4. The van der Waals surface area contributed by atoms with E-state index in [1.807, 2.05) is 37.3 Å². The van der Waals surface area contributed by atoms with Crippen molar-refractivity contribution in [3.05, 3.63) is 69.9 Å². The van der Waals surface area contributed by atoms with Crippen molar-refractivity contribution in [3.63, 3.8) is 0 Å². The molecule has 1 atom stereocenters. The minimum Gasteiger partial charge on any atom is -0.342 e. The van der Waals surface area contributed by atoms with Crippen molar-refractivity contribution in [1.29, 1.82) is 0 Å². The molecular formula is C16H14Br2FNO. The summed E-state index contributed by atoms with van der Waals surface area (Å²) in [4.78, 5) is 12.3. The molecule has 0 aliphatic heterocycles. The van der Waals surface area contributed by atoms with Crippen LogP contribution < -0.4 is 5.32 Å². The van der Waals surface area contributed by atoms with Crippen molar-refractivity contribution in [2.75, 3.05) is 5.33 Å². The van der Waals surface area contributed by atoms with Gasteiger partial charge in [-0.1, -0.05) is 46.3 Å². The van der Waals surface area contributed by atoms with Crippen LogP contribution in [0.3, 0.4) is 0 Å². The average Bonchev–Trinajstić information content (AvgIpc) is 2.50. The molecule has 1 amide bonds. The van der Waals surface area contributed by atoms with Crippen LogP contribution in [0.1, 0.15) is 22.8 Å². The van der Waals surface area contributed by atoms with E-state index >= 15 is 0 Å². The maximum Gasteiger partial charge on any atom is 0.252 e. The van der Waals surface area contributed by atoms with Crippen molar-refractivity contribution >= 4 is 37.8 Å². The van der Waals surface area contributed by atoms with Gasteiger partial charge in [0.15, 0.2) is 0 Å². The molecule has 1 unspecified atom stereocenters. The van der Waals surface area contributed by atoms with Gasteiger partial charge in [0.25, 0.3) is 5.91 Å². The zero-order valence-corrected chi connectivity index (χ0v) is 14.5. The van der Waals surface area contributed by atoms with Gasteiger partial charge in [-0.15, -0.1) is 0 Å². The standard InChI is InChI=1S/C16H14Br2FNO/c1-16(10-17,12-5-3-2-4-6-12)20-15(21)11-7-8-13(18)14(19)9-11/h2-9H,10H2,1H3,(H,20,21). The lowest BCUT2D eigenvalue weighted by Crippen LogP contribution is -2.44. The second kappa shape index (κ2) is 6.71. The molecule has 0 saturated heterocycles. The molecule has 0 spiro atoms. The summed E-state index contributed by atoms with van der Waals surface area (Å²) in [5.41, 5.74) is 0.702. The molecule has 0 heterocycles. The third-order valence-electron chi connectivity index (χ3n) is 3.25. The smallest absolute Gasteiger partial charge is 0.252 e. The molecule has 5 heteroatoms. The molecule has 2 aromatic rings. The summed E-state index contributed by atoms with van der Waals surface area (Å²) in [5, 5.41) is 3.50. The van der Waals surface area contributed by atoms with E-state index in [1.54, 1.807) is 6.07 Å². The number of benzene rings is 2. The van der Waals surface area contributed by atoms with Crippen LogP contribution in [0.15, 0.2) is 53.0 Å². The Balaban J connectivity index is 2.26. The quantitative estimate of drug-likeness (QED) is 0.726. The van der Waals surface area contributed by atoms with Gasteiger partial charge in [-0.3, -0.25) is 4.79 Å². The Bertz CT molecular complexity index is 648. The van der Waals surface area contributed by atoms with Gasteiger partial charge in [-0.25, -0.2) is 4.39 Å². The fraction of sp³-hybridized carbons (Fsp3) is 0.188. The van der Waals surface area contributed by atoms with E-state index in [9.17, 15) is 9.18 Å². The van der Waals surface area contributed by atoms with Crippen LogP contribution >= 0.6 is 31.9 Å². The summed E-state index contributed by atoms with van der Waals surface area (Å²) >= 11 is 6.52. The largest absolute Gasteiger partial charge is 0.342 e. The van der Waals surface area contributed by atoms with Gasteiger partial charge in [0.05, 0.1) is 10.0 Å². The van der Waals surface area contributed by atoms with Gasteiger partial charge in [-0.2, -0.15) is 0 Å². The van der Waals surface area contributed by atoms with E-state index in [4.69, 9.17) is 0 Å². The predicted molar refractivity (Wildman–Crippen MR) is 89.2 cm³/mol. The van der Waals surface area contributed by atoms with Crippen LogP contribution in [0.2, 0.25) is 0 Å². The van der Waals surface area contributed by atoms with Crippen LogP contribution in [0, 0.1) is 5.82 Å². The lowest BCUT2D eigenvalue weighted by molar-refractivity contribution is 0.0913. The molecule has 0 bridgehead atoms. The first-order valence-corrected chi connectivity index (χ1v) is 8.27. The molecule has 0 aliphatic carbocycles. The number of amides is 1. The SMILES string of the molecule is CC(CBr)(NC(=O)c1ccc(Br)c(F)c1)c1ccccc1. The maximum absolute atomic E-state index is 13.5. The van der Waals surface area contributed by atoms with E-state index in [2.05, 4.69) is 37.2 Å². The minimum atomic E-state index is -0.568. The molecule has 0 aromatic heterocycles. The van der Waals surface area contributed by atoms with Crippen molar-refractivity contribution in [3.8, 4) is 0 Å². The van der Waals surface area contributed by atoms with Crippen LogP contribution in [0.25, 0.3) is 0 Å². The van der Waals surface area contributed by atoms with Crippen LogP contribution in [0.4, 0.5) is 4.39 Å². The normalized spacial score (nSPS) is 13.5. The highest BCUT2D eigenvalue weighted by molar-refractivity contribution is 9.10. The molecule has 2 aromatic carbocycles. The minimum absolute atomic E-state index is 0.291. The highest BCUT2D eigenvalue weighted by Gasteiger charge is 2.27. The Hall–Kier alpha value is -1.20. The van der Waals surface area contributed by atoms with Crippen LogP contribution in [-0.4, -0.2) is 11.2 Å². The summed E-state index contributed by atoms with van der Waals surface area (Å²) in [5.74, 6) is -0.768. The molecular weight excluding hydrogens is 401 g/mol. The molecule has 0 radical (unpaired) electrons. The first-order chi connectivity index (χ1) is 9.96. The Kier molecular flexibility index (Phi) is 5.17. The van der Waals surface area contributed by atoms with Crippen LogP contribution in [-0.2, 0) is 5.54 Å². The first-order valence-electron chi connectivity index (χ1n) is 6.35. The Morgan fingerprint density at radius 2 is 1.90 bits per heavy atom. The van der Waals surface area contributed by atoms with E-state index in [-0.39, 0.29) is 5.91 Å². The summed E-state index contributed by atoms with van der Waals surface area (Å²) in [6.07, 6.45) is 0. The third-order valence-corrected chi connectivity index (χ3v) is 5.01. The van der Waals surface area contributed by atoms with Crippen molar-refractivity contribution in [1.82, 2.24) is 5.32 Å². The van der Waals surface area contributed by atoms with Crippen molar-refractivity contribution in [2.24, 2.45) is 0 Å². The highest BCUT2D eigenvalue weighted by atomic mass is 79.9. The number of carbonyl (C=O) groups excluding carboxylic acids is 1. The average molecular weight is 415 g/mol. The van der Waals surface area contributed by atoms with Gasteiger partial charge < -0.3 is 5.32 Å². The summed E-state index contributed by atoms with van der Waals surface area (Å²) in [6.45, 7) is 1.92. The fourth-order valence-electron chi connectivity index (χ4n) is 1.95. The highest BCUT2D eigenvalue weighted by Crippen LogP contribution is 2.24. The predicted octanol–water partition coefficient (Wildman–Crippen LogP) is 4.63. The number of nitrogens with one attached hydrogen (secondary N) is 1. The van der Waals surface area contributed by atoms with Gasteiger partial charge in [0.2, 0.25) is 0 Å². The fourth-order valence-corrected chi connectivity index (χ4v) is 2.66. The maximum atomic E-state index is 13.5. The van der Waals surface area contributed by atoms with E-state index < -0.39 is 11.4 Å². The molecule has 2 nitrogen and oxygen atoms in total. The van der Waals surface area contributed by atoms with Gasteiger partial charge in [0, 0.05) is 10.9 Å². The van der Waals surface area contributed by atoms with Gasteiger partial charge in [0.1, 0.15) is 5.82 Å². The third kappa shape index (κ3) is 3.71. The van der Waals surface area contributed by atoms with Crippen LogP contribution in [0.5, 0.6) is 0 Å². The Morgan fingerprint density at radius 1 is 1.24 bits per heavy atom. The Morgan fingerprint density at radius 3 is 2.48 bits per heavy atom. The number of hydrogen-bond donors (Lipinski definition) is 1. The second-order valence-electron chi connectivity index (χ2n) is 4.91. The van der Waals surface area contributed by atoms with Gasteiger partial charge in [-0.05, 0) is 46.6 Å². The number of carbonyl (C=O) groups is 1. The van der Waals surface area contributed by atoms with E-state index in [1.165, 1.54) is 12.1 Å². The monoisotopic (exact) mass is 413 g/mol. The topological polar surface area (TPSA) is 29.1 Å². The number of hydrogen-bond acceptors (Lipinski definition) is 1. The molecule has 0 saturated carbocycles. The number of halogens is 3. The lowest BCUT2D eigenvalue weighted by atomic mass is 9.94. The van der Waals surface area contributed by atoms with Crippen molar-refractivity contribution < 1.29 is 9.18 Å². The van der Waals surface area contributed by atoms with Crippen molar-refractivity contribution in [2.45, 2.75) is 12.5 Å². The molecule has 1 N–H and O–H groups in total. The molecule has 0 fully saturated rings. The summed E-state index contributed by atoms with van der Waals surface area (Å²) in [7, 11) is 0. The molecule has 21 heavy (non-hydrogen) atoms. The van der Waals surface area contributed by atoms with E-state index in [0.717, 1.165) is 5.56 Å². The van der Waals surface area contributed by atoms with Gasteiger partial charge >= 0.3 is 0 Å².